The van der Waals surface area contributed by atoms with Gasteiger partial charge in [0.05, 0.1) is 11.6 Å². The first-order valence-corrected chi connectivity index (χ1v) is 6.32. The zero-order chi connectivity index (χ0) is 13.4. The van der Waals surface area contributed by atoms with Crippen LogP contribution in [-0.2, 0) is 0 Å². The number of benzene rings is 1. The molecule has 0 unspecified atom stereocenters. The van der Waals surface area contributed by atoms with Gasteiger partial charge in [-0.15, -0.1) is 0 Å². The van der Waals surface area contributed by atoms with E-state index in [-0.39, 0.29) is 6.04 Å². The van der Waals surface area contributed by atoms with Gasteiger partial charge in [-0.3, -0.25) is 0 Å². The fourth-order valence-electron chi connectivity index (χ4n) is 2.04. The third-order valence-electron chi connectivity index (χ3n) is 2.95. The highest BCUT2D eigenvalue weighted by Gasteiger charge is 2.29. The lowest BCUT2D eigenvalue weighted by molar-refractivity contribution is 0.793. The molecule has 0 bridgehead atoms. The summed E-state index contributed by atoms with van der Waals surface area (Å²) in [6.07, 6.45) is 1.40. The van der Waals surface area contributed by atoms with E-state index in [2.05, 4.69) is 37.4 Å². The number of hydrogen-bond donors (Lipinski definition) is 2. The van der Waals surface area contributed by atoms with Gasteiger partial charge in [0.15, 0.2) is 0 Å². The van der Waals surface area contributed by atoms with Gasteiger partial charge in [-0.25, -0.2) is 0 Å². The van der Waals surface area contributed by atoms with Gasteiger partial charge in [0.25, 0.3) is 0 Å². The van der Waals surface area contributed by atoms with Crippen LogP contribution >= 0.6 is 15.9 Å². The van der Waals surface area contributed by atoms with Crippen LogP contribution in [-0.4, -0.2) is 14.8 Å². The second kappa shape index (κ2) is 4.40. The van der Waals surface area contributed by atoms with E-state index in [1.807, 2.05) is 24.3 Å². The van der Waals surface area contributed by atoms with Crippen LogP contribution in [0.3, 0.4) is 0 Å². The van der Waals surface area contributed by atoms with Crippen LogP contribution in [0.2, 0.25) is 0 Å². The van der Waals surface area contributed by atoms with E-state index >= 15 is 0 Å². The zero-order valence-corrected chi connectivity index (χ0v) is 11.3. The molecule has 94 valence electrons. The van der Waals surface area contributed by atoms with Crippen molar-refractivity contribution >= 4 is 27.7 Å². The van der Waals surface area contributed by atoms with Gasteiger partial charge in [-0.2, -0.15) is 20.0 Å². The van der Waals surface area contributed by atoms with Crippen LogP contribution in [0.1, 0.15) is 11.6 Å². The zero-order valence-electron chi connectivity index (χ0n) is 9.71. The Labute approximate surface area is 117 Å². The average molecular weight is 317 g/mol. The maximum atomic E-state index is 9.34. The molecule has 3 N–H and O–H groups in total. The summed E-state index contributed by atoms with van der Waals surface area (Å²) in [5.41, 5.74) is 7.33. The molecule has 1 aliphatic heterocycles. The monoisotopic (exact) mass is 316 g/mol. The molecule has 0 aliphatic carbocycles. The van der Waals surface area contributed by atoms with Crippen molar-refractivity contribution in [2.75, 3.05) is 5.32 Å². The topological polar surface area (TPSA) is 92.5 Å². The Bertz CT molecular complexity index is 711. The van der Waals surface area contributed by atoms with E-state index < -0.39 is 0 Å². The van der Waals surface area contributed by atoms with E-state index in [9.17, 15) is 5.26 Å². The van der Waals surface area contributed by atoms with E-state index in [4.69, 9.17) is 5.73 Å². The second-order valence-corrected chi connectivity index (χ2v) is 4.86. The lowest BCUT2D eigenvalue weighted by Crippen LogP contribution is -2.27. The molecular formula is C12H9BrN6. The molecule has 0 saturated carbocycles. The predicted molar refractivity (Wildman–Crippen MR) is 73.5 cm³/mol. The summed E-state index contributed by atoms with van der Waals surface area (Å²) in [4.78, 5) is 4.08. The third kappa shape index (κ3) is 1.77. The first kappa shape index (κ1) is 11.7. The Kier molecular flexibility index (Phi) is 2.72. The van der Waals surface area contributed by atoms with Crippen molar-refractivity contribution in [2.24, 2.45) is 5.73 Å². The molecule has 1 aliphatic rings. The number of aromatic nitrogens is 3. The summed E-state index contributed by atoms with van der Waals surface area (Å²) in [6, 6.07) is 9.48. The predicted octanol–water partition coefficient (Wildman–Crippen LogP) is 1.86. The van der Waals surface area contributed by atoms with Gasteiger partial charge in [0.1, 0.15) is 18.2 Å². The molecule has 7 heteroatoms. The molecule has 6 nitrogen and oxygen atoms in total. The van der Waals surface area contributed by atoms with Gasteiger partial charge >= 0.3 is 0 Å². The number of nitrogens with zero attached hydrogens (tertiary/aromatic N) is 4. The van der Waals surface area contributed by atoms with Gasteiger partial charge in [0, 0.05) is 4.47 Å². The van der Waals surface area contributed by atoms with Gasteiger partial charge in [-0.05, 0) is 11.6 Å². The number of halogens is 1. The Morgan fingerprint density at radius 1 is 1.42 bits per heavy atom. The summed E-state index contributed by atoms with van der Waals surface area (Å²) in [5.74, 6) is 0.826. The summed E-state index contributed by atoms with van der Waals surface area (Å²) in [6.45, 7) is 0. The van der Waals surface area contributed by atoms with E-state index in [0.717, 1.165) is 10.0 Å². The minimum atomic E-state index is -0.336. The highest BCUT2D eigenvalue weighted by atomic mass is 79.9. The van der Waals surface area contributed by atoms with Crippen LogP contribution in [0, 0.1) is 11.3 Å². The number of anilines is 1. The fourth-order valence-corrected chi connectivity index (χ4v) is 2.56. The Hall–Kier alpha value is -2.33. The molecular weight excluding hydrogens is 308 g/mol. The lowest BCUT2D eigenvalue weighted by Gasteiger charge is -2.25. The first-order valence-electron chi connectivity index (χ1n) is 5.53. The summed E-state index contributed by atoms with van der Waals surface area (Å²) >= 11 is 3.48. The molecule has 1 aromatic heterocycles. The van der Waals surface area contributed by atoms with E-state index in [1.54, 1.807) is 0 Å². The number of nitrogens with one attached hydrogen (secondary N) is 1. The molecule has 0 radical (unpaired) electrons. The molecule has 2 heterocycles. The number of nitriles is 1. The standard InChI is InChI=1S/C12H9BrN6/c13-9-4-2-1-3-7(9)10-8(5-14)11(15)19-12(18-10)16-6-17-19/h1-4,6,10H,15H2,(H,16,17,18)/t10-/m0/s1. The number of fused-ring (bicyclic) bond motifs is 1. The number of nitrogens with two attached hydrogens (primary N) is 1. The van der Waals surface area contributed by atoms with Crippen LogP contribution in [0.4, 0.5) is 5.95 Å². The fraction of sp³-hybridized carbons (Fsp3) is 0.0833. The molecule has 2 aromatic rings. The van der Waals surface area contributed by atoms with Crippen LogP contribution in [0.15, 0.2) is 40.6 Å². The van der Waals surface area contributed by atoms with Crippen molar-refractivity contribution < 1.29 is 0 Å². The summed E-state index contributed by atoms with van der Waals surface area (Å²) in [5, 5.41) is 16.5. The highest BCUT2D eigenvalue weighted by Crippen LogP contribution is 2.35. The molecule has 3 rings (SSSR count). The first-order chi connectivity index (χ1) is 9.22. The number of hydrogen-bond acceptors (Lipinski definition) is 5. The van der Waals surface area contributed by atoms with Crippen molar-refractivity contribution in [1.29, 1.82) is 5.26 Å². The van der Waals surface area contributed by atoms with Gasteiger partial charge in [-0.1, -0.05) is 34.1 Å². The van der Waals surface area contributed by atoms with Crippen molar-refractivity contribution in [1.82, 2.24) is 14.8 Å². The van der Waals surface area contributed by atoms with Crippen LogP contribution in [0.5, 0.6) is 0 Å². The Morgan fingerprint density at radius 3 is 2.95 bits per heavy atom. The van der Waals surface area contributed by atoms with Crippen molar-refractivity contribution in [3.05, 3.63) is 46.2 Å². The minimum Gasteiger partial charge on any atom is -0.383 e. The molecule has 0 amide bonds. The Morgan fingerprint density at radius 2 is 2.21 bits per heavy atom. The maximum absolute atomic E-state index is 9.34. The lowest BCUT2D eigenvalue weighted by atomic mass is 9.98. The third-order valence-corrected chi connectivity index (χ3v) is 3.67. The number of rotatable bonds is 1. The SMILES string of the molecule is N#CC1=C(N)n2ncnc2N[C@H]1c1ccccc1Br. The average Bonchev–Trinajstić information content (AvgIpc) is 2.88. The summed E-state index contributed by atoms with van der Waals surface area (Å²) < 4.78 is 2.33. The van der Waals surface area contributed by atoms with Gasteiger partial charge < -0.3 is 11.1 Å². The van der Waals surface area contributed by atoms with E-state index in [0.29, 0.717) is 17.3 Å². The van der Waals surface area contributed by atoms with Crippen molar-refractivity contribution in [3.63, 3.8) is 0 Å². The maximum Gasteiger partial charge on any atom is 0.228 e. The second-order valence-electron chi connectivity index (χ2n) is 4.01. The quantitative estimate of drug-likeness (QED) is 0.837. The van der Waals surface area contributed by atoms with Crippen LogP contribution < -0.4 is 11.1 Å². The minimum absolute atomic E-state index is 0.300. The van der Waals surface area contributed by atoms with Crippen molar-refractivity contribution in [3.8, 4) is 6.07 Å². The molecule has 1 aromatic carbocycles. The van der Waals surface area contributed by atoms with Gasteiger partial charge in [0.2, 0.25) is 5.95 Å². The molecule has 19 heavy (non-hydrogen) atoms. The molecule has 1 atom stereocenters. The smallest absolute Gasteiger partial charge is 0.228 e. The van der Waals surface area contributed by atoms with E-state index in [1.165, 1.54) is 11.0 Å². The highest BCUT2D eigenvalue weighted by molar-refractivity contribution is 9.10. The molecule has 0 saturated heterocycles. The largest absolute Gasteiger partial charge is 0.383 e. The molecule has 0 fully saturated rings. The Balaban J connectivity index is 2.17. The van der Waals surface area contributed by atoms with Crippen LogP contribution in [0.25, 0.3) is 5.82 Å². The molecule has 0 spiro atoms. The summed E-state index contributed by atoms with van der Waals surface area (Å²) in [7, 11) is 0. The van der Waals surface area contributed by atoms with Crippen molar-refractivity contribution in [2.45, 2.75) is 6.04 Å². The normalized spacial score (nSPS) is 17.6.